The number of hydrogen-bond donors (Lipinski definition) is 3. The molecule has 0 aliphatic heterocycles. The second-order valence-corrected chi connectivity index (χ2v) is 6.24. The summed E-state index contributed by atoms with van der Waals surface area (Å²) in [5.74, 6) is 0. The first-order valence-electron chi connectivity index (χ1n) is 7.24. The van der Waals surface area contributed by atoms with Gasteiger partial charge >= 0.3 is 0 Å². The minimum Gasteiger partial charge on any atom is -0.390 e. The second-order valence-electron chi connectivity index (χ2n) is 6.24. The zero-order valence-electron chi connectivity index (χ0n) is 12.1. The van der Waals surface area contributed by atoms with E-state index in [1.165, 1.54) is 36.0 Å². The van der Waals surface area contributed by atoms with Crippen LogP contribution in [-0.4, -0.2) is 30.8 Å². The molecule has 1 aliphatic rings. The Balaban J connectivity index is 1.98. The third-order valence-electron chi connectivity index (χ3n) is 4.10. The van der Waals surface area contributed by atoms with Crippen molar-refractivity contribution in [2.45, 2.75) is 44.6 Å². The van der Waals surface area contributed by atoms with Gasteiger partial charge in [0.1, 0.15) is 0 Å². The zero-order chi connectivity index (χ0) is 13.9. The molecule has 0 amide bonds. The SMILES string of the molecule is CC(C)(CNCC(O)CN)c1ccc2c(c1)CCC2. The number of benzene rings is 1. The monoisotopic (exact) mass is 262 g/mol. The predicted molar refractivity (Wildman–Crippen MR) is 79.4 cm³/mol. The molecule has 3 nitrogen and oxygen atoms in total. The van der Waals surface area contributed by atoms with Crippen LogP contribution in [0.15, 0.2) is 18.2 Å². The third kappa shape index (κ3) is 3.56. The summed E-state index contributed by atoms with van der Waals surface area (Å²) in [6.07, 6.45) is 3.30. The van der Waals surface area contributed by atoms with Crippen LogP contribution < -0.4 is 11.1 Å². The fraction of sp³-hybridized carbons (Fsp3) is 0.625. The van der Waals surface area contributed by atoms with E-state index in [2.05, 4.69) is 37.4 Å². The van der Waals surface area contributed by atoms with Gasteiger partial charge in [0.25, 0.3) is 0 Å². The lowest BCUT2D eigenvalue weighted by atomic mass is 9.83. The van der Waals surface area contributed by atoms with Gasteiger partial charge in [-0.1, -0.05) is 32.0 Å². The van der Waals surface area contributed by atoms with Crippen molar-refractivity contribution in [2.75, 3.05) is 19.6 Å². The fourth-order valence-corrected chi connectivity index (χ4v) is 2.73. The molecule has 0 heterocycles. The van der Waals surface area contributed by atoms with E-state index in [0.717, 1.165) is 6.54 Å². The molecule has 1 atom stereocenters. The van der Waals surface area contributed by atoms with Gasteiger partial charge in [0, 0.05) is 25.0 Å². The lowest BCUT2D eigenvalue weighted by molar-refractivity contribution is 0.177. The summed E-state index contributed by atoms with van der Waals surface area (Å²) >= 11 is 0. The first-order chi connectivity index (χ1) is 9.03. The molecular formula is C16H26N2O. The van der Waals surface area contributed by atoms with E-state index in [0.29, 0.717) is 13.1 Å². The van der Waals surface area contributed by atoms with Crippen molar-refractivity contribution < 1.29 is 5.11 Å². The van der Waals surface area contributed by atoms with E-state index in [-0.39, 0.29) is 5.41 Å². The average molecular weight is 262 g/mol. The Bertz CT molecular complexity index is 429. The third-order valence-corrected chi connectivity index (χ3v) is 4.10. The van der Waals surface area contributed by atoms with E-state index >= 15 is 0 Å². The number of rotatable bonds is 6. The summed E-state index contributed by atoms with van der Waals surface area (Å²) in [5.41, 5.74) is 9.90. The van der Waals surface area contributed by atoms with E-state index in [4.69, 9.17) is 5.73 Å². The van der Waals surface area contributed by atoms with E-state index in [9.17, 15) is 5.11 Å². The van der Waals surface area contributed by atoms with Crippen molar-refractivity contribution in [3.8, 4) is 0 Å². The van der Waals surface area contributed by atoms with E-state index < -0.39 is 6.10 Å². The molecule has 3 heteroatoms. The Labute approximate surface area is 116 Å². The first kappa shape index (κ1) is 14.5. The topological polar surface area (TPSA) is 58.3 Å². The average Bonchev–Trinajstić information content (AvgIpc) is 2.85. The Kier molecular flexibility index (Phi) is 4.61. The number of hydrogen-bond acceptors (Lipinski definition) is 3. The van der Waals surface area contributed by atoms with Gasteiger partial charge < -0.3 is 16.2 Å². The number of fused-ring (bicyclic) bond motifs is 1. The predicted octanol–water partition coefficient (Wildman–Crippen LogP) is 1.36. The molecular weight excluding hydrogens is 236 g/mol. The van der Waals surface area contributed by atoms with Crippen LogP contribution in [0.25, 0.3) is 0 Å². The molecule has 0 bridgehead atoms. The molecule has 2 rings (SSSR count). The maximum Gasteiger partial charge on any atom is 0.0786 e. The molecule has 0 spiro atoms. The molecule has 0 fully saturated rings. The molecule has 19 heavy (non-hydrogen) atoms. The van der Waals surface area contributed by atoms with Gasteiger partial charge in [-0.15, -0.1) is 0 Å². The van der Waals surface area contributed by atoms with Gasteiger partial charge in [0.15, 0.2) is 0 Å². The van der Waals surface area contributed by atoms with Gasteiger partial charge in [0.2, 0.25) is 0 Å². The number of aryl methyl sites for hydroxylation is 2. The summed E-state index contributed by atoms with van der Waals surface area (Å²) in [4.78, 5) is 0. The summed E-state index contributed by atoms with van der Waals surface area (Å²) < 4.78 is 0. The largest absolute Gasteiger partial charge is 0.390 e. The van der Waals surface area contributed by atoms with Crippen molar-refractivity contribution in [3.05, 3.63) is 34.9 Å². The standard InChI is InChI=1S/C16H26N2O/c1-16(2,11-18-10-15(19)9-17)14-7-6-12-4-3-5-13(12)8-14/h6-8,15,18-19H,3-5,9-11,17H2,1-2H3. The van der Waals surface area contributed by atoms with Crippen LogP contribution in [0.5, 0.6) is 0 Å². The Morgan fingerprint density at radius 2 is 2.05 bits per heavy atom. The van der Waals surface area contributed by atoms with E-state index in [1.807, 2.05) is 0 Å². The van der Waals surface area contributed by atoms with Crippen molar-refractivity contribution in [3.63, 3.8) is 0 Å². The quantitative estimate of drug-likeness (QED) is 0.725. The Morgan fingerprint density at radius 3 is 2.79 bits per heavy atom. The lowest BCUT2D eigenvalue weighted by Crippen LogP contribution is -2.39. The van der Waals surface area contributed by atoms with Crippen LogP contribution in [0.1, 0.15) is 37.0 Å². The van der Waals surface area contributed by atoms with Crippen LogP contribution in [-0.2, 0) is 18.3 Å². The smallest absolute Gasteiger partial charge is 0.0786 e. The normalized spacial score (nSPS) is 16.4. The van der Waals surface area contributed by atoms with Gasteiger partial charge in [-0.05, 0) is 36.0 Å². The van der Waals surface area contributed by atoms with Crippen LogP contribution in [0.4, 0.5) is 0 Å². The van der Waals surface area contributed by atoms with Gasteiger partial charge in [0.05, 0.1) is 6.10 Å². The van der Waals surface area contributed by atoms with Gasteiger partial charge in [-0.3, -0.25) is 0 Å². The van der Waals surface area contributed by atoms with Crippen LogP contribution in [0.3, 0.4) is 0 Å². The minimum absolute atomic E-state index is 0.0753. The highest BCUT2D eigenvalue weighted by molar-refractivity contribution is 5.38. The number of aliphatic hydroxyl groups is 1. The zero-order valence-corrected chi connectivity index (χ0v) is 12.1. The molecule has 106 valence electrons. The van der Waals surface area contributed by atoms with Crippen LogP contribution in [0.2, 0.25) is 0 Å². The maximum atomic E-state index is 9.46. The van der Waals surface area contributed by atoms with Crippen molar-refractivity contribution in [1.29, 1.82) is 0 Å². The minimum atomic E-state index is -0.448. The molecule has 4 N–H and O–H groups in total. The molecule has 1 aromatic carbocycles. The summed E-state index contributed by atoms with van der Waals surface area (Å²) in [7, 11) is 0. The molecule has 1 unspecified atom stereocenters. The summed E-state index contributed by atoms with van der Waals surface area (Å²) in [6, 6.07) is 6.91. The molecule has 1 aliphatic carbocycles. The van der Waals surface area contributed by atoms with Gasteiger partial charge in [-0.25, -0.2) is 0 Å². The first-order valence-corrected chi connectivity index (χ1v) is 7.24. The Morgan fingerprint density at radius 1 is 1.32 bits per heavy atom. The van der Waals surface area contributed by atoms with E-state index in [1.54, 1.807) is 0 Å². The molecule has 1 aromatic rings. The van der Waals surface area contributed by atoms with Crippen molar-refractivity contribution in [2.24, 2.45) is 5.73 Å². The molecule has 0 aromatic heterocycles. The molecule has 0 saturated heterocycles. The Hall–Kier alpha value is -0.900. The highest BCUT2D eigenvalue weighted by atomic mass is 16.3. The fourth-order valence-electron chi connectivity index (χ4n) is 2.73. The highest BCUT2D eigenvalue weighted by Crippen LogP contribution is 2.29. The highest BCUT2D eigenvalue weighted by Gasteiger charge is 2.22. The second kappa shape index (κ2) is 6.04. The van der Waals surface area contributed by atoms with Gasteiger partial charge in [-0.2, -0.15) is 0 Å². The van der Waals surface area contributed by atoms with Crippen LogP contribution in [0, 0.1) is 0 Å². The van der Waals surface area contributed by atoms with Crippen molar-refractivity contribution >= 4 is 0 Å². The number of nitrogens with one attached hydrogen (secondary N) is 1. The summed E-state index contributed by atoms with van der Waals surface area (Å²) in [6.45, 7) is 6.21. The maximum absolute atomic E-state index is 9.46. The molecule has 0 radical (unpaired) electrons. The molecule has 0 saturated carbocycles. The number of nitrogens with two attached hydrogens (primary N) is 1. The van der Waals surface area contributed by atoms with Crippen molar-refractivity contribution in [1.82, 2.24) is 5.32 Å². The lowest BCUT2D eigenvalue weighted by Gasteiger charge is -2.27. The van der Waals surface area contributed by atoms with Crippen LogP contribution >= 0.6 is 0 Å². The number of aliphatic hydroxyl groups excluding tert-OH is 1. The summed E-state index contributed by atoms with van der Waals surface area (Å²) in [5, 5.41) is 12.8.